The van der Waals surface area contributed by atoms with Crippen LogP contribution in [0, 0.1) is 11.3 Å². The number of ether oxygens (including phenoxy) is 1. The third-order valence-corrected chi connectivity index (χ3v) is 3.76. The Morgan fingerprint density at radius 2 is 1.91 bits per heavy atom. The quantitative estimate of drug-likeness (QED) is 0.791. The molecule has 0 heterocycles. The van der Waals surface area contributed by atoms with E-state index in [9.17, 15) is 4.79 Å². The van der Waals surface area contributed by atoms with Gasteiger partial charge in [0.2, 0.25) is 0 Å². The van der Waals surface area contributed by atoms with E-state index >= 15 is 0 Å². The van der Waals surface area contributed by atoms with Crippen molar-refractivity contribution in [2.45, 2.75) is 25.7 Å². The molecule has 0 spiro atoms. The molecular weight excluding hydrogens is 274 g/mol. The van der Waals surface area contributed by atoms with Crippen LogP contribution in [0.1, 0.15) is 30.5 Å². The smallest absolute Gasteiger partial charge is 0.316 e. The predicted octanol–water partition coefficient (Wildman–Crippen LogP) is 3.62. The number of carbonyl (C=O) groups excluding carboxylic acids is 1. The molecule has 0 bridgehead atoms. The van der Waals surface area contributed by atoms with Gasteiger partial charge in [-0.25, -0.2) is 0 Å². The highest BCUT2D eigenvalue weighted by molar-refractivity contribution is 5.83. The van der Waals surface area contributed by atoms with Crippen molar-refractivity contribution in [3.8, 4) is 6.07 Å². The molecule has 1 unspecified atom stereocenters. The van der Waals surface area contributed by atoms with Gasteiger partial charge in [-0.15, -0.1) is 0 Å². The molecule has 0 aromatic heterocycles. The third-order valence-electron chi connectivity index (χ3n) is 3.76. The van der Waals surface area contributed by atoms with Crippen LogP contribution in [0.3, 0.4) is 0 Å². The van der Waals surface area contributed by atoms with Gasteiger partial charge in [-0.3, -0.25) is 4.79 Å². The van der Waals surface area contributed by atoms with Gasteiger partial charge in [0.05, 0.1) is 23.7 Å². The Balaban J connectivity index is 2.45. The maximum Gasteiger partial charge on any atom is 0.316 e. The topological polar surface area (TPSA) is 50.1 Å². The molecule has 0 aliphatic rings. The molecule has 2 aromatic carbocycles. The fourth-order valence-corrected chi connectivity index (χ4v) is 2.52. The molecule has 0 aliphatic heterocycles. The number of nitrogens with zero attached hydrogens (tertiary/aromatic N) is 1. The van der Waals surface area contributed by atoms with Gasteiger partial charge in [-0.05, 0) is 43.5 Å². The first-order chi connectivity index (χ1) is 10.6. The summed E-state index contributed by atoms with van der Waals surface area (Å²) in [6, 6.07) is 19.1. The van der Waals surface area contributed by atoms with Gasteiger partial charge < -0.3 is 4.74 Å². The maximum atomic E-state index is 12.6. The molecule has 112 valence electrons. The van der Waals surface area contributed by atoms with Gasteiger partial charge in [0.25, 0.3) is 0 Å². The minimum atomic E-state index is -0.815. The number of esters is 1. The molecule has 0 saturated carbocycles. The second-order valence-corrected chi connectivity index (χ2v) is 5.41. The molecule has 0 aliphatic carbocycles. The summed E-state index contributed by atoms with van der Waals surface area (Å²) >= 11 is 0. The van der Waals surface area contributed by atoms with Crippen LogP contribution in [0.15, 0.2) is 54.6 Å². The van der Waals surface area contributed by atoms with Gasteiger partial charge in [-0.1, -0.05) is 42.5 Å². The molecule has 1 atom stereocenters. The summed E-state index contributed by atoms with van der Waals surface area (Å²) in [6.45, 7) is 4.00. The average Bonchev–Trinajstić information content (AvgIpc) is 2.56. The summed E-state index contributed by atoms with van der Waals surface area (Å²) in [5, 5.41) is 9.09. The van der Waals surface area contributed by atoms with Crippen molar-refractivity contribution < 1.29 is 9.53 Å². The summed E-state index contributed by atoms with van der Waals surface area (Å²) in [6.07, 6.45) is 0.529. The van der Waals surface area contributed by atoms with E-state index in [-0.39, 0.29) is 5.97 Å². The number of benzene rings is 2. The van der Waals surface area contributed by atoms with Crippen LogP contribution in [-0.4, -0.2) is 12.6 Å². The van der Waals surface area contributed by atoms with Crippen molar-refractivity contribution in [1.82, 2.24) is 0 Å². The van der Waals surface area contributed by atoms with Gasteiger partial charge in [0.1, 0.15) is 0 Å². The first-order valence-electron chi connectivity index (χ1n) is 7.32. The lowest BCUT2D eigenvalue weighted by Crippen LogP contribution is -2.36. The summed E-state index contributed by atoms with van der Waals surface area (Å²) in [5.74, 6) is -0.269. The Morgan fingerprint density at radius 1 is 1.18 bits per heavy atom. The normalized spacial score (nSPS) is 13.0. The highest BCUT2D eigenvalue weighted by Crippen LogP contribution is 2.30. The molecule has 0 N–H and O–H groups in total. The van der Waals surface area contributed by atoms with E-state index in [1.54, 1.807) is 25.1 Å². The molecule has 2 aromatic rings. The van der Waals surface area contributed by atoms with E-state index in [0.717, 1.165) is 11.1 Å². The van der Waals surface area contributed by atoms with E-state index in [4.69, 9.17) is 10.00 Å². The standard InChI is InChI=1S/C19H19NO2/c1-3-22-18(21)19(2,13-15-8-5-4-6-9-15)17-11-7-10-16(12-17)14-20/h4-12H,3,13H2,1-2H3. The van der Waals surface area contributed by atoms with Crippen LogP contribution in [0.2, 0.25) is 0 Å². The first kappa shape index (κ1) is 15.8. The van der Waals surface area contributed by atoms with Crippen LogP contribution in [0.25, 0.3) is 0 Å². The molecule has 3 nitrogen and oxygen atoms in total. The van der Waals surface area contributed by atoms with Crippen LogP contribution in [-0.2, 0) is 21.4 Å². The number of hydrogen-bond acceptors (Lipinski definition) is 3. The van der Waals surface area contributed by atoms with E-state index in [1.165, 1.54) is 0 Å². The minimum Gasteiger partial charge on any atom is -0.465 e. The van der Waals surface area contributed by atoms with Gasteiger partial charge in [0.15, 0.2) is 0 Å². The van der Waals surface area contributed by atoms with E-state index in [1.807, 2.05) is 43.3 Å². The molecule has 2 rings (SSSR count). The van der Waals surface area contributed by atoms with Crippen molar-refractivity contribution in [2.24, 2.45) is 0 Å². The van der Waals surface area contributed by atoms with Crippen LogP contribution < -0.4 is 0 Å². The van der Waals surface area contributed by atoms with E-state index in [2.05, 4.69) is 6.07 Å². The molecule has 0 radical (unpaired) electrons. The van der Waals surface area contributed by atoms with E-state index < -0.39 is 5.41 Å². The zero-order valence-corrected chi connectivity index (χ0v) is 12.9. The minimum absolute atomic E-state index is 0.269. The van der Waals surface area contributed by atoms with Gasteiger partial charge in [0, 0.05) is 0 Å². The molecular formula is C19H19NO2. The zero-order valence-electron chi connectivity index (χ0n) is 12.9. The number of rotatable bonds is 5. The lowest BCUT2D eigenvalue weighted by Gasteiger charge is -2.28. The number of hydrogen-bond donors (Lipinski definition) is 0. The Kier molecular flexibility index (Phi) is 4.95. The zero-order chi connectivity index (χ0) is 16.0. The SMILES string of the molecule is CCOC(=O)C(C)(Cc1ccccc1)c1cccc(C#N)c1. The number of carbonyl (C=O) groups is 1. The highest BCUT2D eigenvalue weighted by Gasteiger charge is 2.37. The van der Waals surface area contributed by atoms with Gasteiger partial charge >= 0.3 is 5.97 Å². The van der Waals surface area contributed by atoms with Crippen molar-refractivity contribution in [2.75, 3.05) is 6.61 Å². The summed E-state index contributed by atoms with van der Waals surface area (Å²) < 4.78 is 5.29. The molecule has 0 saturated heterocycles. The van der Waals surface area contributed by atoms with Crippen molar-refractivity contribution in [1.29, 1.82) is 5.26 Å². The lowest BCUT2D eigenvalue weighted by atomic mass is 9.77. The first-order valence-corrected chi connectivity index (χ1v) is 7.32. The van der Waals surface area contributed by atoms with Gasteiger partial charge in [-0.2, -0.15) is 5.26 Å². The maximum absolute atomic E-state index is 12.6. The second-order valence-electron chi connectivity index (χ2n) is 5.41. The van der Waals surface area contributed by atoms with Crippen molar-refractivity contribution >= 4 is 5.97 Å². The van der Waals surface area contributed by atoms with Crippen molar-refractivity contribution in [3.63, 3.8) is 0 Å². The summed E-state index contributed by atoms with van der Waals surface area (Å²) in [7, 11) is 0. The number of nitriles is 1. The Labute approximate surface area is 131 Å². The molecule has 3 heteroatoms. The molecule has 0 amide bonds. The lowest BCUT2D eigenvalue weighted by molar-refractivity contribution is -0.149. The molecule has 22 heavy (non-hydrogen) atoms. The Morgan fingerprint density at radius 3 is 2.55 bits per heavy atom. The summed E-state index contributed by atoms with van der Waals surface area (Å²) in [4.78, 5) is 12.6. The average molecular weight is 293 g/mol. The van der Waals surface area contributed by atoms with Crippen LogP contribution in [0.5, 0.6) is 0 Å². The monoisotopic (exact) mass is 293 g/mol. The Bertz CT molecular complexity index is 688. The second kappa shape index (κ2) is 6.91. The molecule has 0 fully saturated rings. The fraction of sp³-hybridized carbons (Fsp3) is 0.263. The Hall–Kier alpha value is -2.60. The van der Waals surface area contributed by atoms with Crippen LogP contribution in [0.4, 0.5) is 0 Å². The van der Waals surface area contributed by atoms with Crippen molar-refractivity contribution in [3.05, 3.63) is 71.3 Å². The summed E-state index contributed by atoms with van der Waals surface area (Å²) in [5.41, 5.74) is 1.58. The van der Waals surface area contributed by atoms with E-state index in [0.29, 0.717) is 18.6 Å². The predicted molar refractivity (Wildman–Crippen MR) is 85.3 cm³/mol. The highest BCUT2D eigenvalue weighted by atomic mass is 16.5. The van der Waals surface area contributed by atoms with Crippen LogP contribution >= 0.6 is 0 Å². The fourth-order valence-electron chi connectivity index (χ4n) is 2.52. The third kappa shape index (κ3) is 3.35. The largest absolute Gasteiger partial charge is 0.465 e.